The summed E-state index contributed by atoms with van der Waals surface area (Å²) in [5.41, 5.74) is 9.06. The quantitative estimate of drug-likeness (QED) is 0.870. The number of nitrogens with zero attached hydrogens (tertiary/aromatic N) is 2. The fourth-order valence-corrected chi connectivity index (χ4v) is 4.26. The molecule has 23 heavy (non-hydrogen) atoms. The van der Waals surface area contributed by atoms with Crippen LogP contribution in [-0.2, 0) is 0 Å². The number of primary amides is 1. The Bertz CT molecular complexity index is 710. The van der Waals surface area contributed by atoms with Crippen molar-refractivity contribution in [1.82, 2.24) is 9.55 Å². The third-order valence-electron chi connectivity index (χ3n) is 4.43. The normalized spacial score (nSPS) is 15.5. The molecule has 1 aliphatic carbocycles. The monoisotopic (exact) mass is 332 g/mol. The molecule has 2 heterocycles. The molecule has 3 rings (SSSR count). The van der Waals surface area contributed by atoms with E-state index in [0.29, 0.717) is 17.6 Å². The van der Waals surface area contributed by atoms with Crippen molar-refractivity contribution in [2.24, 2.45) is 5.73 Å². The highest BCUT2D eigenvalue weighted by molar-refractivity contribution is 7.14. The number of amides is 1. The average molecular weight is 332 g/mol. The van der Waals surface area contributed by atoms with Gasteiger partial charge in [-0.15, -0.1) is 11.3 Å². The summed E-state index contributed by atoms with van der Waals surface area (Å²) in [6.07, 6.45) is 4.79. The molecule has 5 nitrogen and oxygen atoms in total. The minimum absolute atomic E-state index is 0.346. The molecule has 1 fully saturated rings. The van der Waals surface area contributed by atoms with Gasteiger partial charge in [-0.2, -0.15) is 0 Å². The highest BCUT2D eigenvalue weighted by Crippen LogP contribution is 2.37. The van der Waals surface area contributed by atoms with Crippen LogP contribution >= 0.6 is 11.3 Å². The Kier molecular flexibility index (Phi) is 4.43. The summed E-state index contributed by atoms with van der Waals surface area (Å²) in [4.78, 5) is 16.5. The number of nitrogens with one attached hydrogen (secondary N) is 1. The number of hydrogen-bond donors (Lipinski definition) is 2. The summed E-state index contributed by atoms with van der Waals surface area (Å²) in [6.45, 7) is 6.18. The van der Waals surface area contributed by atoms with Gasteiger partial charge in [0.25, 0.3) is 5.91 Å². The molecule has 1 amide bonds. The van der Waals surface area contributed by atoms with Crippen LogP contribution in [0.15, 0.2) is 11.4 Å². The summed E-state index contributed by atoms with van der Waals surface area (Å²) in [6, 6.07) is 2.70. The zero-order valence-corrected chi connectivity index (χ0v) is 14.7. The van der Waals surface area contributed by atoms with E-state index in [1.54, 1.807) is 11.3 Å². The molecule has 0 aromatic carbocycles. The van der Waals surface area contributed by atoms with Crippen LogP contribution < -0.4 is 11.1 Å². The van der Waals surface area contributed by atoms with Crippen molar-refractivity contribution in [3.05, 3.63) is 22.7 Å². The molecule has 2 aromatic rings. The lowest BCUT2D eigenvalue weighted by molar-refractivity contribution is 0.0999. The first-order chi connectivity index (χ1) is 11.0. The van der Waals surface area contributed by atoms with E-state index in [4.69, 9.17) is 10.7 Å². The second-order valence-electron chi connectivity index (χ2n) is 6.54. The molecule has 0 spiro atoms. The Balaban J connectivity index is 2.04. The predicted molar refractivity (Wildman–Crippen MR) is 95.1 cm³/mol. The predicted octanol–water partition coefficient (Wildman–Crippen LogP) is 3.95. The van der Waals surface area contributed by atoms with E-state index < -0.39 is 0 Å². The van der Waals surface area contributed by atoms with E-state index in [2.05, 4.69) is 29.1 Å². The zero-order chi connectivity index (χ0) is 16.6. The van der Waals surface area contributed by atoms with Crippen molar-refractivity contribution >= 4 is 22.4 Å². The minimum Gasteiger partial charge on any atom is -0.366 e. The first-order valence-corrected chi connectivity index (χ1v) is 9.09. The zero-order valence-electron chi connectivity index (χ0n) is 13.9. The highest BCUT2D eigenvalue weighted by atomic mass is 32.1. The van der Waals surface area contributed by atoms with Crippen molar-refractivity contribution in [3.63, 3.8) is 0 Å². The average Bonchev–Trinajstić information content (AvgIpc) is 3.16. The van der Waals surface area contributed by atoms with E-state index >= 15 is 0 Å². The smallest absolute Gasteiger partial charge is 0.250 e. The molecule has 6 heteroatoms. The first kappa shape index (κ1) is 16.1. The number of aromatic nitrogens is 2. The number of carbonyl (C=O) groups excluding carboxylic acids is 1. The van der Waals surface area contributed by atoms with Gasteiger partial charge in [0.2, 0.25) is 0 Å². The Morgan fingerprint density at radius 2 is 2.13 bits per heavy atom. The summed E-state index contributed by atoms with van der Waals surface area (Å²) >= 11 is 1.60. The van der Waals surface area contributed by atoms with Crippen LogP contribution in [-0.4, -0.2) is 21.5 Å². The fourth-order valence-electron chi connectivity index (χ4n) is 3.41. The maximum absolute atomic E-state index is 11.8. The Hall–Kier alpha value is -1.82. The summed E-state index contributed by atoms with van der Waals surface area (Å²) in [5.74, 6) is -0.365. The van der Waals surface area contributed by atoms with E-state index in [1.165, 1.54) is 12.8 Å². The van der Waals surface area contributed by atoms with Crippen LogP contribution in [0.4, 0.5) is 5.13 Å². The molecular formula is C17H24N4OS. The first-order valence-electron chi connectivity index (χ1n) is 8.21. The van der Waals surface area contributed by atoms with Crippen molar-refractivity contribution < 1.29 is 4.79 Å². The van der Waals surface area contributed by atoms with Gasteiger partial charge in [-0.05, 0) is 39.7 Å². The van der Waals surface area contributed by atoms with Gasteiger partial charge in [-0.1, -0.05) is 12.8 Å². The molecule has 1 saturated carbocycles. The molecule has 124 valence electrons. The van der Waals surface area contributed by atoms with Crippen LogP contribution in [0.1, 0.15) is 61.6 Å². The molecule has 0 radical (unpaired) electrons. The molecule has 0 aliphatic heterocycles. The molecule has 0 bridgehead atoms. The van der Waals surface area contributed by atoms with Crippen molar-refractivity contribution in [2.45, 2.75) is 58.5 Å². The van der Waals surface area contributed by atoms with E-state index in [9.17, 15) is 4.79 Å². The number of carbonyl (C=O) groups is 1. The molecule has 3 N–H and O–H groups in total. The van der Waals surface area contributed by atoms with Gasteiger partial charge >= 0.3 is 0 Å². The minimum atomic E-state index is -0.365. The van der Waals surface area contributed by atoms with Gasteiger partial charge in [0.1, 0.15) is 0 Å². The van der Waals surface area contributed by atoms with Crippen LogP contribution in [0.5, 0.6) is 0 Å². The molecule has 0 saturated heterocycles. The number of rotatable bonds is 5. The lowest BCUT2D eigenvalue weighted by atomic mass is 10.2. The van der Waals surface area contributed by atoms with Gasteiger partial charge in [-0.3, -0.25) is 4.79 Å². The van der Waals surface area contributed by atoms with Crippen molar-refractivity contribution in [3.8, 4) is 11.4 Å². The second-order valence-corrected chi connectivity index (χ2v) is 7.40. The standard InChI is InChI=1S/C17H24N4OS/c1-10(2)19-17-20-14(9-23-17)15-8-13(16(18)22)11(3)21(15)12-6-4-5-7-12/h8-10,12H,4-7H2,1-3H3,(H2,18,22)(H,19,20). The Labute approximate surface area is 140 Å². The van der Waals surface area contributed by atoms with Gasteiger partial charge in [0.15, 0.2) is 5.13 Å². The number of thiazole rings is 1. The molecule has 0 atom stereocenters. The Morgan fingerprint density at radius 3 is 2.74 bits per heavy atom. The van der Waals surface area contributed by atoms with Crippen LogP contribution in [0.2, 0.25) is 0 Å². The van der Waals surface area contributed by atoms with E-state index in [1.807, 2.05) is 13.0 Å². The Morgan fingerprint density at radius 1 is 1.43 bits per heavy atom. The summed E-state index contributed by atoms with van der Waals surface area (Å²) in [7, 11) is 0. The highest BCUT2D eigenvalue weighted by Gasteiger charge is 2.25. The number of hydrogen-bond acceptors (Lipinski definition) is 4. The second kappa shape index (κ2) is 6.35. The summed E-state index contributed by atoms with van der Waals surface area (Å²) in [5, 5.41) is 6.30. The van der Waals surface area contributed by atoms with Gasteiger partial charge in [0.05, 0.1) is 17.0 Å². The van der Waals surface area contributed by atoms with Crippen molar-refractivity contribution in [2.75, 3.05) is 5.32 Å². The van der Waals surface area contributed by atoms with Gasteiger partial charge < -0.3 is 15.6 Å². The van der Waals surface area contributed by atoms with Gasteiger partial charge in [-0.25, -0.2) is 4.98 Å². The van der Waals surface area contributed by atoms with Crippen LogP contribution in [0, 0.1) is 6.92 Å². The molecule has 2 aromatic heterocycles. The van der Waals surface area contributed by atoms with Crippen molar-refractivity contribution in [1.29, 1.82) is 0 Å². The summed E-state index contributed by atoms with van der Waals surface area (Å²) < 4.78 is 2.28. The van der Waals surface area contributed by atoms with Crippen LogP contribution in [0.25, 0.3) is 11.4 Å². The topological polar surface area (TPSA) is 72.9 Å². The largest absolute Gasteiger partial charge is 0.366 e. The van der Waals surface area contributed by atoms with E-state index in [0.717, 1.165) is 35.1 Å². The maximum Gasteiger partial charge on any atom is 0.250 e. The lowest BCUT2D eigenvalue weighted by Crippen LogP contribution is -2.14. The molecule has 0 unspecified atom stereocenters. The van der Waals surface area contributed by atoms with Crippen LogP contribution in [0.3, 0.4) is 0 Å². The fraction of sp³-hybridized carbons (Fsp3) is 0.529. The maximum atomic E-state index is 11.8. The third kappa shape index (κ3) is 3.13. The van der Waals surface area contributed by atoms with E-state index in [-0.39, 0.29) is 5.91 Å². The SMILES string of the molecule is Cc1c(C(N)=O)cc(-c2csc(NC(C)C)n2)n1C1CCCC1. The number of nitrogens with two attached hydrogens (primary N) is 1. The third-order valence-corrected chi connectivity index (χ3v) is 5.20. The number of anilines is 1. The molecular weight excluding hydrogens is 308 g/mol. The van der Waals surface area contributed by atoms with Gasteiger partial charge in [0, 0.05) is 23.2 Å². The molecule has 1 aliphatic rings. The lowest BCUT2D eigenvalue weighted by Gasteiger charge is -2.18.